The zero-order valence-electron chi connectivity index (χ0n) is 4.50. The van der Waals surface area contributed by atoms with Gasteiger partial charge in [-0.2, -0.15) is 0 Å². The van der Waals surface area contributed by atoms with Gasteiger partial charge in [0.05, 0.1) is 12.1 Å². The third kappa shape index (κ3) is 0.448. The molecule has 1 N–H and O–H groups in total. The quantitative estimate of drug-likeness (QED) is 0.462. The van der Waals surface area contributed by atoms with Gasteiger partial charge in [0.1, 0.15) is 6.10 Å². The summed E-state index contributed by atoms with van der Waals surface area (Å²) in [5, 5.41) is 6.91. The van der Waals surface area contributed by atoms with Crippen LogP contribution in [0.15, 0.2) is 5.16 Å². The van der Waals surface area contributed by atoms with Gasteiger partial charge in [-0.3, -0.25) is 0 Å². The molecule has 2 heterocycles. The zero-order chi connectivity index (χ0) is 5.40. The van der Waals surface area contributed by atoms with Crippen molar-refractivity contribution in [3.63, 3.8) is 0 Å². The average molecular weight is 112 g/mol. The van der Waals surface area contributed by atoms with E-state index in [-0.39, 0.29) is 0 Å². The molecule has 1 fully saturated rings. The molecule has 0 aromatic heterocycles. The van der Waals surface area contributed by atoms with Crippen LogP contribution in [-0.4, -0.2) is 25.4 Å². The number of oxime groups is 1. The highest BCUT2D eigenvalue weighted by atomic mass is 16.6. The second-order valence-corrected chi connectivity index (χ2v) is 2.22. The molecule has 0 radical (unpaired) electrons. The Morgan fingerprint density at radius 1 is 1.62 bits per heavy atom. The van der Waals surface area contributed by atoms with Crippen LogP contribution in [0.25, 0.3) is 0 Å². The Morgan fingerprint density at radius 3 is 3.50 bits per heavy atom. The van der Waals surface area contributed by atoms with Crippen molar-refractivity contribution in [3.8, 4) is 0 Å². The van der Waals surface area contributed by atoms with Crippen molar-refractivity contribution >= 4 is 6.21 Å². The van der Waals surface area contributed by atoms with Gasteiger partial charge in [-0.25, -0.2) is 0 Å². The molecule has 1 saturated heterocycles. The van der Waals surface area contributed by atoms with E-state index >= 15 is 0 Å². The van der Waals surface area contributed by atoms with Crippen molar-refractivity contribution in [3.05, 3.63) is 0 Å². The van der Waals surface area contributed by atoms with Gasteiger partial charge >= 0.3 is 0 Å². The smallest absolute Gasteiger partial charge is 0.148 e. The van der Waals surface area contributed by atoms with Crippen molar-refractivity contribution in [2.24, 2.45) is 11.1 Å². The van der Waals surface area contributed by atoms with Crippen LogP contribution in [0.1, 0.15) is 0 Å². The SMILES string of the molecule is C1=NO[C@@H]2CNC[C@H]12. The van der Waals surface area contributed by atoms with Gasteiger partial charge in [0.15, 0.2) is 0 Å². The van der Waals surface area contributed by atoms with Crippen LogP contribution in [0, 0.1) is 5.92 Å². The Balaban J connectivity index is 2.13. The highest BCUT2D eigenvalue weighted by molar-refractivity contribution is 5.63. The van der Waals surface area contributed by atoms with Crippen molar-refractivity contribution < 1.29 is 4.84 Å². The molecule has 0 unspecified atom stereocenters. The van der Waals surface area contributed by atoms with Crippen LogP contribution in [-0.2, 0) is 4.84 Å². The van der Waals surface area contributed by atoms with Crippen LogP contribution in [0.5, 0.6) is 0 Å². The summed E-state index contributed by atoms with van der Waals surface area (Å²) in [6.07, 6.45) is 2.22. The maximum Gasteiger partial charge on any atom is 0.148 e. The summed E-state index contributed by atoms with van der Waals surface area (Å²) in [5.74, 6) is 0.551. The van der Waals surface area contributed by atoms with Gasteiger partial charge in [0.25, 0.3) is 0 Å². The first kappa shape index (κ1) is 4.32. The first-order chi connectivity index (χ1) is 3.97. The van der Waals surface area contributed by atoms with E-state index in [0.717, 1.165) is 13.1 Å². The number of fused-ring (bicyclic) bond motifs is 1. The van der Waals surface area contributed by atoms with Crippen molar-refractivity contribution in [2.45, 2.75) is 6.10 Å². The van der Waals surface area contributed by atoms with E-state index in [0.29, 0.717) is 12.0 Å². The molecule has 0 saturated carbocycles. The Morgan fingerprint density at radius 2 is 2.62 bits per heavy atom. The van der Waals surface area contributed by atoms with E-state index in [4.69, 9.17) is 4.84 Å². The van der Waals surface area contributed by atoms with Crippen LogP contribution < -0.4 is 5.32 Å². The van der Waals surface area contributed by atoms with E-state index in [1.807, 2.05) is 6.21 Å². The summed E-state index contributed by atoms with van der Waals surface area (Å²) in [7, 11) is 0. The maximum atomic E-state index is 4.98. The topological polar surface area (TPSA) is 33.6 Å². The highest BCUT2D eigenvalue weighted by Gasteiger charge is 2.30. The minimum Gasteiger partial charge on any atom is -0.391 e. The lowest BCUT2D eigenvalue weighted by atomic mass is 10.1. The number of hydrogen-bond donors (Lipinski definition) is 1. The fraction of sp³-hybridized carbons (Fsp3) is 0.800. The molecule has 2 aliphatic heterocycles. The second kappa shape index (κ2) is 1.45. The molecule has 44 valence electrons. The average Bonchev–Trinajstić information content (AvgIpc) is 2.15. The predicted octanol–water partition coefficient (Wildman–Crippen LogP) is -0.410. The van der Waals surface area contributed by atoms with Crippen LogP contribution >= 0.6 is 0 Å². The molecule has 2 aliphatic rings. The summed E-state index contributed by atoms with van der Waals surface area (Å²) < 4.78 is 0. The normalized spacial score (nSPS) is 42.0. The van der Waals surface area contributed by atoms with E-state index in [1.165, 1.54) is 0 Å². The molecule has 0 spiro atoms. The number of hydrogen-bond acceptors (Lipinski definition) is 3. The minimum absolute atomic E-state index is 0.343. The highest BCUT2D eigenvalue weighted by Crippen LogP contribution is 2.15. The lowest BCUT2D eigenvalue weighted by Gasteiger charge is -2.00. The molecular formula is C5H8N2O. The Bertz CT molecular complexity index is 124. The largest absolute Gasteiger partial charge is 0.391 e. The Kier molecular flexibility index (Phi) is 0.784. The number of rotatable bonds is 0. The maximum absolute atomic E-state index is 4.98. The van der Waals surface area contributed by atoms with Crippen molar-refractivity contribution in [2.75, 3.05) is 13.1 Å². The molecule has 0 aliphatic carbocycles. The van der Waals surface area contributed by atoms with Gasteiger partial charge in [-0.05, 0) is 0 Å². The van der Waals surface area contributed by atoms with Gasteiger partial charge in [0, 0.05) is 13.1 Å². The van der Waals surface area contributed by atoms with Crippen LogP contribution in [0.4, 0.5) is 0 Å². The first-order valence-corrected chi connectivity index (χ1v) is 2.87. The Labute approximate surface area is 47.7 Å². The molecule has 3 heteroatoms. The zero-order valence-corrected chi connectivity index (χ0v) is 4.50. The first-order valence-electron chi connectivity index (χ1n) is 2.87. The lowest BCUT2D eigenvalue weighted by Crippen LogP contribution is -2.15. The molecule has 2 rings (SSSR count). The summed E-state index contributed by atoms with van der Waals surface area (Å²) in [5.41, 5.74) is 0. The Hall–Kier alpha value is -0.570. The van der Waals surface area contributed by atoms with Gasteiger partial charge < -0.3 is 10.2 Å². The second-order valence-electron chi connectivity index (χ2n) is 2.22. The lowest BCUT2D eigenvalue weighted by molar-refractivity contribution is 0.0842. The minimum atomic E-state index is 0.343. The third-order valence-electron chi connectivity index (χ3n) is 1.65. The molecule has 0 bridgehead atoms. The van der Waals surface area contributed by atoms with E-state index < -0.39 is 0 Å². The third-order valence-corrected chi connectivity index (χ3v) is 1.65. The predicted molar refractivity (Wildman–Crippen MR) is 29.7 cm³/mol. The summed E-state index contributed by atoms with van der Waals surface area (Å²) in [6.45, 7) is 2.00. The fourth-order valence-corrected chi connectivity index (χ4v) is 1.13. The van der Waals surface area contributed by atoms with Crippen molar-refractivity contribution in [1.82, 2.24) is 5.32 Å². The van der Waals surface area contributed by atoms with Gasteiger partial charge in [-0.1, -0.05) is 5.16 Å². The molecule has 8 heavy (non-hydrogen) atoms. The number of nitrogens with zero attached hydrogens (tertiary/aromatic N) is 1. The van der Waals surface area contributed by atoms with Crippen LogP contribution in [0.3, 0.4) is 0 Å². The van der Waals surface area contributed by atoms with Crippen molar-refractivity contribution in [1.29, 1.82) is 0 Å². The van der Waals surface area contributed by atoms with Gasteiger partial charge in [-0.15, -0.1) is 0 Å². The molecule has 3 nitrogen and oxygen atoms in total. The van der Waals surface area contributed by atoms with Gasteiger partial charge in [0.2, 0.25) is 0 Å². The molecule has 2 atom stereocenters. The van der Waals surface area contributed by atoms with E-state index in [9.17, 15) is 0 Å². The standard InChI is InChI=1S/C5H8N2O/c1-4-2-7-8-5(4)3-6-1/h2,4-6H,1,3H2/t4-,5-/m1/s1. The van der Waals surface area contributed by atoms with Crippen LogP contribution in [0.2, 0.25) is 0 Å². The molecular weight excluding hydrogens is 104 g/mol. The molecule has 0 aromatic rings. The number of nitrogens with one attached hydrogen (secondary N) is 1. The fourth-order valence-electron chi connectivity index (χ4n) is 1.13. The monoisotopic (exact) mass is 112 g/mol. The summed E-state index contributed by atoms with van der Waals surface area (Å²) in [4.78, 5) is 4.98. The molecule has 0 amide bonds. The summed E-state index contributed by atoms with van der Waals surface area (Å²) >= 11 is 0. The van der Waals surface area contributed by atoms with E-state index in [2.05, 4.69) is 10.5 Å². The van der Waals surface area contributed by atoms with E-state index in [1.54, 1.807) is 0 Å². The molecule has 0 aromatic carbocycles. The summed E-state index contributed by atoms with van der Waals surface area (Å²) in [6, 6.07) is 0.